The SMILES string of the molecule is CC(CN)N(C)c1ccnc(C2CC2)n1. The maximum Gasteiger partial charge on any atom is 0.133 e. The zero-order valence-electron chi connectivity index (χ0n) is 9.35. The predicted octanol–water partition coefficient (Wildman–Crippen LogP) is 1.14. The highest BCUT2D eigenvalue weighted by Gasteiger charge is 2.26. The molecular weight excluding hydrogens is 188 g/mol. The summed E-state index contributed by atoms with van der Waals surface area (Å²) in [5.74, 6) is 2.57. The van der Waals surface area contributed by atoms with Gasteiger partial charge in [0.05, 0.1) is 0 Å². The molecule has 4 nitrogen and oxygen atoms in total. The molecule has 2 rings (SSSR count). The van der Waals surface area contributed by atoms with Crippen molar-refractivity contribution in [3.63, 3.8) is 0 Å². The standard InChI is InChI=1S/C11H18N4/c1-8(7-12)15(2)10-5-6-13-11(14-10)9-3-4-9/h5-6,8-9H,3-4,7,12H2,1-2H3. The molecule has 1 aliphatic rings. The normalized spacial score (nSPS) is 17.5. The van der Waals surface area contributed by atoms with Gasteiger partial charge in [0.2, 0.25) is 0 Å². The van der Waals surface area contributed by atoms with Crippen molar-refractivity contribution >= 4 is 5.82 Å². The molecule has 82 valence electrons. The van der Waals surface area contributed by atoms with E-state index >= 15 is 0 Å². The zero-order chi connectivity index (χ0) is 10.8. The molecule has 0 amide bonds. The molecule has 1 atom stereocenters. The second-order valence-electron chi connectivity index (χ2n) is 4.24. The molecule has 0 spiro atoms. The number of aromatic nitrogens is 2. The molecule has 0 aliphatic heterocycles. The molecule has 1 heterocycles. The maximum absolute atomic E-state index is 5.64. The van der Waals surface area contributed by atoms with E-state index < -0.39 is 0 Å². The smallest absolute Gasteiger partial charge is 0.133 e. The monoisotopic (exact) mass is 206 g/mol. The largest absolute Gasteiger partial charge is 0.356 e. The summed E-state index contributed by atoms with van der Waals surface area (Å²) in [6.07, 6.45) is 4.31. The van der Waals surface area contributed by atoms with Crippen LogP contribution in [0.2, 0.25) is 0 Å². The molecule has 1 aromatic rings. The van der Waals surface area contributed by atoms with Crippen LogP contribution in [0.4, 0.5) is 5.82 Å². The highest BCUT2D eigenvalue weighted by atomic mass is 15.2. The van der Waals surface area contributed by atoms with Crippen molar-refractivity contribution in [3.05, 3.63) is 18.1 Å². The van der Waals surface area contributed by atoms with Gasteiger partial charge in [0.15, 0.2) is 0 Å². The van der Waals surface area contributed by atoms with Crippen LogP contribution in [0.15, 0.2) is 12.3 Å². The van der Waals surface area contributed by atoms with Gasteiger partial charge in [-0.2, -0.15) is 0 Å². The fourth-order valence-corrected chi connectivity index (χ4v) is 1.48. The van der Waals surface area contributed by atoms with Gasteiger partial charge < -0.3 is 10.6 Å². The fourth-order valence-electron chi connectivity index (χ4n) is 1.48. The van der Waals surface area contributed by atoms with E-state index in [4.69, 9.17) is 5.73 Å². The van der Waals surface area contributed by atoms with Gasteiger partial charge in [-0.1, -0.05) is 0 Å². The highest BCUT2D eigenvalue weighted by Crippen LogP contribution is 2.38. The third-order valence-electron chi connectivity index (χ3n) is 2.97. The molecule has 1 aliphatic carbocycles. The van der Waals surface area contributed by atoms with Crippen molar-refractivity contribution in [2.75, 3.05) is 18.5 Å². The third kappa shape index (κ3) is 2.26. The Labute approximate surface area is 90.5 Å². The lowest BCUT2D eigenvalue weighted by atomic mass is 10.3. The Morgan fingerprint density at radius 3 is 2.93 bits per heavy atom. The van der Waals surface area contributed by atoms with E-state index in [0.29, 0.717) is 18.5 Å². The van der Waals surface area contributed by atoms with E-state index in [-0.39, 0.29) is 0 Å². The van der Waals surface area contributed by atoms with Crippen LogP contribution in [0.3, 0.4) is 0 Å². The molecule has 2 N–H and O–H groups in total. The van der Waals surface area contributed by atoms with Gasteiger partial charge in [0.1, 0.15) is 11.6 Å². The minimum atomic E-state index is 0.312. The van der Waals surface area contributed by atoms with Gasteiger partial charge in [0.25, 0.3) is 0 Å². The molecule has 1 saturated carbocycles. The van der Waals surface area contributed by atoms with Gasteiger partial charge >= 0.3 is 0 Å². The van der Waals surface area contributed by atoms with E-state index in [1.165, 1.54) is 12.8 Å². The van der Waals surface area contributed by atoms with Crippen molar-refractivity contribution in [2.24, 2.45) is 5.73 Å². The van der Waals surface area contributed by atoms with E-state index in [1.54, 1.807) is 0 Å². The second kappa shape index (κ2) is 4.14. The van der Waals surface area contributed by atoms with E-state index in [0.717, 1.165) is 11.6 Å². The summed E-state index contributed by atoms with van der Waals surface area (Å²) >= 11 is 0. The Hall–Kier alpha value is -1.16. The van der Waals surface area contributed by atoms with Crippen LogP contribution in [0.25, 0.3) is 0 Å². The van der Waals surface area contributed by atoms with Gasteiger partial charge in [-0.25, -0.2) is 9.97 Å². The Morgan fingerprint density at radius 2 is 2.33 bits per heavy atom. The number of anilines is 1. The molecule has 0 aromatic carbocycles. The van der Waals surface area contributed by atoms with Crippen LogP contribution in [0.1, 0.15) is 31.5 Å². The van der Waals surface area contributed by atoms with Crippen molar-refractivity contribution < 1.29 is 0 Å². The molecule has 1 fully saturated rings. The van der Waals surface area contributed by atoms with Crippen molar-refractivity contribution in [2.45, 2.75) is 31.7 Å². The molecule has 4 heteroatoms. The first-order valence-corrected chi connectivity index (χ1v) is 5.48. The van der Waals surface area contributed by atoms with Gasteiger partial charge in [-0.15, -0.1) is 0 Å². The van der Waals surface area contributed by atoms with E-state index in [1.807, 2.05) is 19.3 Å². The Kier molecular flexibility index (Phi) is 2.86. The number of likely N-dealkylation sites (N-methyl/N-ethyl adjacent to an activating group) is 1. The second-order valence-corrected chi connectivity index (χ2v) is 4.24. The van der Waals surface area contributed by atoms with E-state index in [2.05, 4.69) is 21.8 Å². The lowest BCUT2D eigenvalue weighted by molar-refractivity contribution is 0.683. The number of hydrogen-bond acceptors (Lipinski definition) is 4. The molecular formula is C11H18N4. The van der Waals surface area contributed by atoms with Crippen molar-refractivity contribution in [1.29, 1.82) is 0 Å². The Morgan fingerprint density at radius 1 is 1.60 bits per heavy atom. The van der Waals surface area contributed by atoms with E-state index in [9.17, 15) is 0 Å². The van der Waals surface area contributed by atoms with Crippen LogP contribution in [0.5, 0.6) is 0 Å². The predicted molar refractivity (Wildman–Crippen MR) is 60.9 cm³/mol. The third-order valence-corrected chi connectivity index (χ3v) is 2.97. The topological polar surface area (TPSA) is 55.0 Å². The molecule has 0 bridgehead atoms. The van der Waals surface area contributed by atoms with Gasteiger partial charge in [0, 0.05) is 31.7 Å². The first-order valence-electron chi connectivity index (χ1n) is 5.48. The van der Waals surface area contributed by atoms with Crippen molar-refractivity contribution in [1.82, 2.24) is 9.97 Å². The van der Waals surface area contributed by atoms with Gasteiger partial charge in [-0.05, 0) is 25.8 Å². The Bertz CT molecular complexity index is 335. The molecule has 0 radical (unpaired) electrons. The van der Waals surface area contributed by atoms with Crippen LogP contribution in [-0.2, 0) is 0 Å². The van der Waals surface area contributed by atoms with Crippen LogP contribution in [-0.4, -0.2) is 29.6 Å². The minimum Gasteiger partial charge on any atom is -0.356 e. The lowest BCUT2D eigenvalue weighted by Gasteiger charge is -2.24. The average molecular weight is 206 g/mol. The summed E-state index contributed by atoms with van der Waals surface area (Å²) in [7, 11) is 2.02. The van der Waals surface area contributed by atoms with Crippen LogP contribution in [0, 0.1) is 0 Å². The van der Waals surface area contributed by atoms with Crippen molar-refractivity contribution in [3.8, 4) is 0 Å². The quantitative estimate of drug-likeness (QED) is 0.802. The summed E-state index contributed by atoms with van der Waals surface area (Å²) in [6, 6.07) is 2.25. The maximum atomic E-state index is 5.64. The fraction of sp³-hybridized carbons (Fsp3) is 0.636. The molecule has 0 saturated heterocycles. The first-order chi connectivity index (χ1) is 7.22. The summed E-state index contributed by atoms with van der Waals surface area (Å²) in [5, 5.41) is 0. The Balaban J connectivity index is 2.16. The summed E-state index contributed by atoms with van der Waals surface area (Å²) in [4.78, 5) is 11.0. The first kappa shape index (κ1) is 10.4. The summed E-state index contributed by atoms with van der Waals surface area (Å²) < 4.78 is 0. The molecule has 1 unspecified atom stereocenters. The van der Waals surface area contributed by atoms with Crippen LogP contribution < -0.4 is 10.6 Å². The molecule has 15 heavy (non-hydrogen) atoms. The number of hydrogen-bond donors (Lipinski definition) is 1. The minimum absolute atomic E-state index is 0.312. The zero-order valence-corrected chi connectivity index (χ0v) is 9.35. The van der Waals surface area contributed by atoms with Gasteiger partial charge in [-0.3, -0.25) is 0 Å². The number of rotatable bonds is 4. The molecule has 1 aromatic heterocycles. The number of nitrogens with two attached hydrogens (primary N) is 1. The number of nitrogens with zero attached hydrogens (tertiary/aromatic N) is 3. The highest BCUT2D eigenvalue weighted by molar-refractivity contribution is 5.38. The summed E-state index contributed by atoms with van der Waals surface area (Å²) in [5.41, 5.74) is 5.64. The van der Waals surface area contributed by atoms with Crippen LogP contribution >= 0.6 is 0 Å². The summed E-state index contributed by atoms with van der Waals surface area (Å²) in [6.45, 7) is 2.73. The lowest BCUT2D eigenvalue weighted by Crippen LogP contribution is -2.35. The average Bonchev–Trinajstić information content (AvgIpc) is 3.11.